The second-order valence-electron chi connectivity index (χ2n) is 7.66. The zero-order valence-corrected chi connectivity index (χ0v) is 17.8. The highest BCUT2D eigenvalue weighted by molar-refractivity contribution is 7.97. The fourth-order valence-electron chi connectivity index (χ4n) is 2.85. The molecule has 10 heteroatoms. The van der Waals surface area contributed by atoms with Gasteiger partial charge in [-0.1, -0.05) is 0 Å². The summed E-state index contributed by atoms with van der Waals surface area (Å²) in [5.74, 6) is 2.31. The number of aliphatic imine (C=N–C) groups is 1. The average Bonchev–Trinajstić information content (AvgIpc) is 3.31. The largest absolute Gasteiger partial charge is 0.325 e. The lowest BCUT2D eigenvalue weighted by Gasteiger charge is -2.24. The van der Waals surface area contributed by atoms with Gasteiger partial charge >= 0.3 is 0 Å². The quantitative estimate of drug-likeness (QED) is 0.418. The molecule has 2 aliphatic rings. The van der Waals surface area contributed by atoms with E-state index in [0.717, 1.165) is 28.1 Å². The summed E-state index contributed by atoms with van der Waals surface area (Å²) >= 11 is 1.58. The van der Waals surface area contributed by atoms with E-state index < -0.39 is 5.54 Å². The van der Waals surface area contributed by atoms with Crippen LogP contribution in [0.1, 0.15) is 19.5 Å². The lowest BCUT2D eigenvalue weighted by Crippen LogP contribution is -2.45. The first-order valence-electron chi connectivity index (χ1n) is 9.46. The van der Waals surface area contributed by atoms with E-state index in [1.165, 1.54) is 0 Å². The molecule has 0 unspecified atom stereocenters. The molecule has 30 heavy (non-hydrogen) atoms. The maximum absolute atomic E-state index is 12.0. The molecule has 0 saturated heterocycles. The van der Waals surface area contributed by atoms with E-state index in [-0.39, 0.29) is 5.91 Å². The zero-order valence-electron chi connectivity index (χ0n) is 17.0. The van der Waals surface area contributed by atoms with Gasteiger partial charge in [0.1, 0.15) is 6.54 Å². The van der Waals surface area contributed by atoms with Crippen LogP contribution >= 0.6 is 11.9 Å². The molecular formula is C20H24N8OS+. The third-order valence-electron chi connectivity index (χ3n) is 4.42. The Balaban J connectivity index is 1.46. The van der Waals surface area contributed by atoms with Crippen LogP contribution in [-0.4, -0.2) is 38.3 Å². The first kappa shape index (κ1) is 20.2. The minimum atomic E-state index is -0.926. The van der Waals surface area contributed by atoms with Crippen LogP contribution in [-0.2, 0) is 4.79 Å². The number of aryl methyl sites for hydroxylation is 1. The van der Waals surface area contributed by atoms with E-state index in [2.05, 4.69) is 30.1 Å². The molecular weight excluding hydrogens is 400 g/mol. The van der Waals surface area contributed by atoms with E-state index in [1.54, 1.807) is 32.0 Å². The third-order valence-corrected chi connectivity index (χ3v) is 5.37. The van der Waals surface area contributed by atoms with Crippen LogP contribution in [0.2, 0.25) is 0 Å². The van der Waals surface area contributed by atoms with Gasteiger partial charge < -0.3 is 11.1 Å². The van der Waals surface area contributed by atoms with Gasteiger partial charge in [-0.2, -0.15) is 10.1 Å². The van der Waals surface area contributed by atoms with E-state index in [1.807, 2.05) is 54.6 Å². The Morgan fingerprint density at radius 3 is 2.77 bits per heavy atom. The summed E-state index contributed by atoms with van der Waals surface area (Å²) in [6.45, 7) is 5.96. The van der Waals surface area contributed by atoms with Gasteiger partial charge in [0.2, 0.25) is 5.91 Å². The second kappa shape index (κ2) is 7.98. The Hall–Kier alpha value is -3.08. The molecule has 9 nitrogen and oxygen atoms in total. The monoisotopic (exact) mass is 424 g/mol. The van der Waals surface area contributed by atoms with Gasteiger partial charge in [-0.25, -0.2) is 0 Å². The predicted molar refractivity (Wildman–Crippen MR) is 120 cm³/mol. The molecule has 0 atom stereocenters. The SMILES string of the molecule is Cc1cc(NC2=CN(Sc3ccc(NC(=O)C(C)(C)N)cc3)CC3=NC=C[N+]23)n[nH]1. The van der Waals surface area contributed by atoms with Gasteiger partial charge in [-0.15, -0.1) is 0 Å². The molecule has 2 aliphatic heterocycles. The number of H-pyrrole nitrogens is 1. The second-order valence-corrected chi connectivity index (χ2v) is 8.78. The highest BCUT2D eigenvalue weighted by Crippen LogP contribution is 2.29. The van der Waals surface area contributed by atoms with Crippen molar-refractivity contribution in [1.29, 1.82) is 0 Å². The van der Waals surface area contributed by atoms with Crippen molar-refractivity contribution in [1.82, 2.24) is 19.4 Å². The number of nitrogens with two attached hydrogens (primary N) is 1. The molecule has 0 fully saturated rings. The molecule has 5 N–H and O–H groups in total. The standard InChI is InChI=1S/C20H24N8OS/c1-13-10-16(26-25-13)24-18-12-27(11-17-22-8-9-28(17)18)30-15-6-4-14(5-7-15)23-19(29)20(2,3)21/h4-10,12H,11,21H2,1-3H3,(H,23,29)(H2,24,25,26)/q+1. The average molecular weight is 425 g/mol. The Morgan fingerprint density at radius 2 is 2.10 bits per heavy atom. The Labute approximate surface area is 179 Å². The fraction of sp³-hybridized carbons (Fsp3) is 0.250. The first-order valence-corrected chi connectivity index (χ1v) is 10.2. The van der Waals surface area contributed by atoms with Gasteiger partial charge in [0, 0.05) is 22.3 Å². The Bertz CT molecular complexity index is 1030. The number of amides is 1. The maximum Gasteiger partial charge on any atom is 0.285 e. The van der Waals surface area contributed by atoms with Crippen molar-refractivity contribution >= 4 is 35.2 Å². The molecule has 4 rings (SSSR count). The Morgan fingerprint density at radius 1 is 1.33 bits per heavy atom. The number of nitrogens with one attached hydrogen (secondary N) is 3. The number of hydrogen-bond donors (Lipinski definition) is 4. The van der Waals surface area contributed by atoms with Crippen molar-refractivity contribution in [3.05, 3.63) is 60.4 Å². The highest BCUT2D eigenvalue weighted by atomic mass is 32.2. The molecule has 0 saturated carbocycles. The number of nitrogens with zero attached hydrogens (tertiary/aromatic N) is 4. The molecule has 0 bridgehead atoms. The number of aromatic nitrogens is 2. The minimum absolute atomic E-state index is 0.224. The molecule has 3 heterocycles. The summed E-state index contributed by atoms with van der Waals surface area (Å²) in [5.41, 5.74) is 6.60. The number of fused-ring (bicyclic) bond motifs is 1. The molecule has 1 radical (unpaired) electrons. The van der Waals surface area contributed by atoms with Gasteiger partial charge in [-0.3, -0.25) is 19.5 Å². The van der Waals surface area contributed by atoms with Gasteiger partial charge in [0.05, 0.1) is 17.9 Å². The summed E-state index contributed by atoms with van der Waals surface area (Å²) in [4.78, 5) is 19.5. The van der Waals surface area contributed by atoms with Crippen molar-refractivity contribution in [2.45, 2.75) is 31.2 Å². The van der Waals surface area contributed by atoms with Crippen LogP contribution in [0.5, 0.6) is 0 Å². The number of hydrogen-bond acceptors (Lipinski definition) is 8. The molecule has 2 aromatic rings. The molecule has 0 spiro atoms. The highest BCUT2D eigenvalue weighted by Gasteiger charge is 2.37. The van der Waals surface area contributed by atoms with Gasteiger partial charge in [-0.05, 0) is 61.9 Å². The lowest BCUT2D eigenvalue weighted by atomic mass is 10.1. The molecule has 1 aromatic heterocycles. The van der Waals surface area contributed by atoms with Crippen LogP contribution < -0.4 is 21.3 Å². The topological polar surface area (TPSA) is 117 Å². The smallest absolute Gasteiger partial charge is 0.285 e. The van der Waals surface area contributed by atoms with Crippen LogP contribution in [0, 0.1) is 6.92 Å². The Kier molecular flexibility index (Phi) is 5.37. The molecule has 155 valence electrons. The lowest BCUT2D eigenvalue weighted by molar-refractivity contribution is -0.120. The molecule has 0 aliphatic carbocycles. The van der Waals surface area contributed by atoms with E-state index in [0.29, 0.717) is 12.2 Å². The van der Waals surface area contributed by atoms with Crippen molar-refractivity contribution in [3.63, 3.8) is 0 Å². The summed E-state index contributed by atoms with van der Waals surface area (Å²) in [7, 11) is 0. The van der Waals surface area contributed by atoms with Gasteiger partial charge in [0.15, 0.2) is 12.0 Å². The summed E-state index contributed by atoms with van der Waals surface area (Å²) in [6.07, 6.45) is 5.73. The first-order chi connectivity index (χ1) is 14.3. The number of anilines is 2. The predicted octanol–water partition coefficient (Wildman–Crippen LogP) is 2.65. The van der Waals surface area contributed by atoms with Gasteiger partial charge in [0.25, 0.3) is 11.7 Å². The number of benzene rings is 1. The summed E-state index contributed by atoms with van der Waals surface area (Å²) < 4.78 is 2.10. The van der Waals surface area contributed by atoms with E-state index in [4.69, 9.17) is 5.73 Å². The van der Waals surface area contributed by atoms with Crippen LogP contribution in [0.4, 0.5) is 11.5 Å². The maximum atomic E-state index is 12.0. The van der Waals surface area contributed by atoms with Crippen molar-refractivity contribution in [2.24, 2.45) is 10.7 Å². The minimum Gasteiger partial charge on any atom is -0.325 e. The molecule has 1 aromatic carbocycles. The number of aromatic amines is 1. The van der Waals surface area contributed by atoms with Crippen molar-refractivity contribution in [3.8, 4) is 0 Å². The number of amidine groups is 1. The third kappa shape index (κ3) is 4.56. The van der Waals surface area contributed by atoms with E-state index in [9.17, 15) is 4.79 Å². The number of rotatable bonds is 6. The van der Waals surface area contributed by atoms with Crippen LogP contribution in [0.25, 0.3) is 0 Å². The fourth-order valence-corrected chi connectivity index (χ4v) is 3.71. The number of carbonyl (C=O) groups excluding carboxylic acids is 1. The van der Waals surface area contributed by atoms with E-state index >= 15 is 0 Å². The number of carbonyl (C=O) groups is 1. The summed E-state index contributed by atoms with van der Waals surface area (Å²) in [5, 5.41) is 13.3. The van der Waals surface area contributed by atoms with Crippen LogP contribution in [0.3, 0.4) is 0 Å². The normalized spacial score (nSPS) is 16.2. The van der Waals surface area contributed by atoms with Crippen LogP contribution in [0.15, 0.2) is 64.6 Å². The zero-order chi connectivity index (χ0) is 21.3. The molecule has 1 amide bonds. The summed E-state index contributed by atoms with van der Waals surface area (Å²) in [6, 6.07) is 9.60. The van der Waals surface area contributed by atoms with Crippen molar-refractivity contribution < 1.29 is 4.79 Å². The van der Waals surface area contributed by atoms with Crippen molar-refractivity contribution in [2.75, 3.05) is 17.2 Å².